The number of carbonyl (C=O) groups excluding carboxylic acids is 2. The summed E-state index contributed by atoms with van der Waals surface area (Å²) in [6, 6.07) is 7.40. The zero-order chi connectivity index (χ0) is 15.2. The summed E-state index contributed by atoms with van der Waals surface area (Å²) in [6.07, 6.45) is 2.03. The molecule has 1 aromatic rings. The average Bonchev–Trinajstić information content (AvgIpc) is 2.43. The third-order valence-corrected chi connectivity index (χ3v) is 4.16. The van der Waals surface area contributed by atoms with Crippen LogP contribution in [0.5, 0.6) is 0 Å². The van der Waals surface area contributed by atoms with Gasteiger partial charge < -0.3 is 4.74 Å². The van der Waals surface area contributed by atoms with Crippen molar-refractivity contribution in [2.75, 3.05) is 6.61 Å². The molecule has 0 aliphatic heterocycles. The van der Waals surface area contributed by atoms with Crippen molar-refractivity contribution in [3.63, 3.8) is 0 Å². The average molecular weight is 294 g/mol. The molecular formula is C14H14O5S. The van der Waals surface area contributed by atoms with Gasteiger partial charge in [-0.15, -0.1) is 0 Å². The van der Waals surface area contributed by atoms with Gasteiger partial charge in [-0.25, -0.2) is 13.2 Å². The molecule has 0 saturated carbocycles. The molecule has 0 amide bonds. The van der Waals surface area contributed by atoms with E-state index in [4.69, 9.17) is 0 Å². The lowest BCUT2D eigenvalue weighted by Gasteiger charge is -2.06. The second-order valence-electron chi connectivity index (χ2n) is 3.80. The highest BCUT2D eigenvalue weighted by Gasteiger charge is 2.25. The van der Waals surface area contributed by atoms with E-state index in [1.54, 1.807) is 6.07 Å². The van der Waals surface area contributed by atoms with Crippen LogP contribution < -0.4 is 0 Å². The van der Waals surface area contributed by atoms with Crippen LogP contribution in [0.1, 0.15) is 6.92 Å². The Morgan fingerprint density at radius 2 is 1.85 bits per heavy atom. The Balaban J connectivity index is 3.21. The van der Waals surface area contributed by atoms with E-state index < -0.39 is 26.5 Å². The maximum Gasteiger partial charge on any atom is 0.332 e. The zero-order valence-electron chi connectivity index (χ0n) is 10.9. The van der Waals surface area contributed by atoms with E-state index >= 15 is 0 Å². The van der Waals surface area contributed by atoms with Crippen LogP contribution in [0.4, 0.5) is 0 Å². The number of ether oxygens (including phenoxy) is 1. The SMILES string of the molecule is C=CCOC(=O)/C=C(\C(C)=O)S(=O)(=O)c1ccccc1. The second-order valence-corrected chi connectivity index (χ2v) is 5.72. The molecule has 0 bridgehead atoms. The predicted molar refractivity (Wildman–Crippen MR) is 73.5 cm³/mol. The maximum absolute atomic E-state index is 12.3. The second kappa shape index (κ2) is 6.81. The predicted octanol–water partition coefficient (Wildman–Crippen LogP) is 1.66. The minimum Gasteiger partial charge on any atom is -0.458 e. The number of sulfone groups is 1. The minimum absolute atomic E-state index is 0.0574. The molecule has 0 spiro atoms. The Hall–Kier alpha value is -2.21. The van der Waals surface area contributed by atoms with Crippen molar-refractivity contribution in [1.82, 2.24) is 0 Å². The number of esters is 1. The molecule has 0 heterocycles. The third kappa shape index (κ3) is 3.89. The summed E-state index contributed by atoms with van der Waals surface area (Å²) in [5.41, 5.74) is 0. The normalized spacial score (nSPS) is 11.8. The molecule has 0 aliphatic carbocycles. The molecule has 0 aromatic heterocycles. The summed E-state index contributed by atoms with van der Waals surface area (Å²) in [6.45, 7) is 4.37. The van der Waals surface area contributed by atoms with Crippen molar-refractivity contribution >= 4 is 21.6 Å². The van der Waals surface area contributed by atoms with Crippen molar-refractivity contribution in [2.24, 2.45) is 0 Å². The monoisotopic (exact) mass is 294 g/mol. The number of benzene rings is 1. The van der Waals surface area contributed by atoms with E-state index in [0.29, 0.717) is 6.08 Å². The summed E-state index contributed by atoms with van der Waals surface area (Å²) >= 11 is 0. The molecule has 0 radical (unpaired) electrons. The fourth-order valence-electron chi connectivity index (χ4n) is 1.38. The molecule has 0 unspecified atom stereocenters. The molecule has 0 atom stereocenters. The molecular weight excluding hydrogens is 280 g/mol. The first-order chi connectivity index (χ1) is 9.39. The standard InChI is InChI=1S/C14H14O5S/c1-3-9-19-14(16)10-13(11(2)15)20(17,18)12-7-5-4-6-8-12/h3-8,10H,1,9H2,2H3/b13-10+. The Bertz CT molecular complexity index is 641. The van der Waals surface area contributed by atoms with E-state index in [-0.39, 0.29) is 11.5 Å². The fraction of sp³-hybridized carbons (Fsp3) is 0.143. The minimum atomic E-state index is -4.04. The Morgan fingerprint density at radius 1 is 1.25 bits per heavy atom. The van der Waals surface area contributed by atoms with Crippen molar-refractivity contribution in [3.05, 3.63) is 54.0 Å². The number of rotatable bonds is 6. The number of allylic oxidation sites excluding steroid dienone is 1. The maximum atomic E-state index is 12.3. The van der Waals surface area contributed by atoms with Gasteiger partial charge in [0.1, 0.15) is 11.5 Å². The fourth-order valence-corrected chi connectivity index (χ4v) is 2.78. The van der Waals surface area contributed by atoms with Gasteiger partial charge in [-0.05, 0) is 19.1 Å². The van der Waals surface area contributed by atoms with Crippen molar-refractivity contribution < 1.29 is 22.7 Å². The molecule has 5 nitrogen and oxygen atoms in total. The van der Waals surface area contributed by atoms with Crippen LogP contribution in [-0.2, 0) is 24.2 Å². The zero-order valence-corrected chi connectivity index (χ0v) is 11.7. The molecule has 1 aromatic carbocycles. The first-order valence-corrected chi connectivity index (χ1v) is 7.18. The Labute approximate surface area is 117 Å². The largest absolute Gasteiger partial charge is 0.458 e. The van der Waals surface area contributed by atoms with Gasteiger partial charge in [-0.1, -0.05) is 30.9 Å². The molecule has 0 fully saturated rings. The van der Waals surface area contributed by atoms with Gasteiger partial charge >= 0.3 is 5.97 Å². The molecule has 0 saturated heterocycles. The molecule has 0 aliphatic rings. The van der Waals surface area contributed by atoms with Gasteiger partial charge in [0.25, 0.3) is 0 Å². The summed E-state index contributed by atoms with van der Waals surface area (Å²) in [5, 5.41) is 0. The number of carbonyl (C=O) groups is 2. The smallest absolute Gasteiger partial charge is 0.332 e. The lowest BCUT2D eigenvalue weighted by molar-refractivity contribution is -0.136. The summed E-state index contributed by atoms with van der Waals surface area (Å²) in [5.74, 6) is -1.64. The van der Waals surface area contributed by atoms with Crippen molar-refractivity contribution in [3.8, 4) is 0 Å². The summed E-state index contributed by atoms with van der Waals surface area (Å²) in [7, 11) is -4.04. The third-order valence-electron chi connectivity index (χ3n) is 2.28. The van der Waals surface area contributed by atoms with Gasteiger partial charge in [-0.2, -0.15) is 0 Å². The Morgan fingerprint density at radius 3 is 2.35 bits per heavy atom. The Kier molecular flexibility index (Phi) is 5.40. The van der Waals surface area contributed by atoms with E-state index in [2.05, 4.69) is 11.3 Å². The van der Waals surface area contributed by atoms with Crippen LogP contribution in [0.25, 0.3) is 0 Å². The lowest BCUT2D eigenvalue weighted by atomic mass is 10.4. The highest BCUT2D eigenvalue weighted by Crippen LogP contribution is 2.19. The highest BCUT2D eigenvalue weighted by molar-refractivity contribution is 7.96. The first kappa shape index (κ1) is 15.8. The van der Waals surface area contributed by atoms with E-state index in [1.165, 1.54) is 30.3 Å². The summed E-state index contributed by atoms with van der Waals surface area (Å²) < 4.78 is 29.2. The number of hydrogen-bond acceptors (Lipinski definition) is 5. The molecule has 106 valence electrons. The molecule has 1 rings (SSSR count). The van der Waals surface area contributed by atoms with Gasteiger partial charge in [0.15, 0.2) is 5.78 Å². The van der Waals surface area contributed by atoms with Crippen molar-refractivity contribution in [1.29, 1.82) is 0 Å². The van der Waals surface area contributed by atoms with Crippen LogP contribution in [0.3, 0.4) is 0 Å². The quantitative estimate of drug-likeness (QED) is 0.453. The van der Waals surface area contributed by atoms with Crippen LogP contribution in [0.15, 0.2) is 58.9 Å². The first-order valence-electron chi connectivity index (χ1n) is 5.70. The molecule has 6 heteroatoms. The number of Topliss-reactive ketones (excluding diaryl/α,β-unsaturated/α-hetero) is 1. The van der Waals surface area contributed by atoms with Gasteiger partial charge in [0.2, 0.25) is 9.84 Å². The topological polar surface area (TPSA) is 77.5 Å². The molecule has 0 N–H and O–H groups in total. The van der Waals surface area contributed by atoms with Crippen LogP contribution in [0.2, 0.25) is 0 Å². The number of ketones is 1. The van der Waals surface area contributed by atoms with Gasteiger partial charge in [0, 0.05) is 6.08 Å². The van der Waals surface area contributed by atoms with Crippen LogP contribution in [0, 0.1) is 0 Å². The van der Waals surface area contributed by atoms with Gasteiger partial charge in [0.05, 0.1) is 4.90 Å². The number of hydrogen-bond donors (Lipinski definition) is 0. The van der Waals surface area contributed by atoms with Crippen LogP contribution in [-0.4, -0.2) is 26.8 Å². The van der Waals surface area contributed by atoms with E-state index in [9.17, 15) is 18.0 Å². The lowest BCUT2D eigenvalue weighted by Crippen LogP contribution is -2.14. The van der Waals surface area contributed by atoms with E-state index in [0.717, 1.165) is 6.92 Å². The highest BCUT2D eigenvalue weighted by atomic mass is 32.2. The molecule has 20 heavy (non-hydrogen) atoms. The van der Waals surface area contributed by atoms with Gasteiger partial charge in [-0.3, -0.25) is 4.79 Å². The van der Waals surface area contributed by atoms with Crippen LogP contribution >= 0.6 is 0 Å². The summed E-state index contributed by atoms with van der Waals surface area (Å²) in [4.78, 5) is 22.3. The van der Waals surface area contributed by atoms with Crippen molar-refractivity contribution in [2.45, 2.75) is 11.8 Å². The van der Waals surface area contributed by atoms with E-state index in [1.807, 2.05) is 0 Å².